The monoisotopic (exact) mass is 333 g/mol. The molecule has 0 amide bonds. The lowest BCUT2D eigenvalue weighted by atomic mass is 10.1. The lowest BCUT2D eigenvalue weighted by molar-refractivity contribution is 0.317. The van der Waals surface area contributed by atoms with Crippen molar-refractivity contribution in [2.45, 2.75) is 26.3 Å². The van der Waals surface area contributed by atoms with Crippen LogP contribution in [0.5, 0.6) is 5.75 Å². The maximum absolute atomic E-state index is 5.66. The Balaban J connectivity index is 2.08. The number of rotatable bonds is 6. The van der Waals surface area contributed by atoms with E-state index in [0.29, 0.717) is 0 Å². The van der Waals surface area contributed by atoms with Crippen LogP contribution in [0.3, 0.4) is 0 Å². The van der Waals surface area contributed by atoms with Crippen molar-refractivity contribution in [3.63, 3.8) is 0 Å². The average Bonchev–Trinajstić information content (AvgIpc) is 2.46. The first-order chi connectivity index (χ1) is 9.70. The van der Waals surface area contributed by atoms with Gasteiger partial charge in [0.15, 0.2) is 0 Å². The average molecular weight is 334 g/mol. The molecule has 0 aliphatic carbocycles. The van der Waals surface area contributed by atoms with Gasteiger partial charge in [0.25, 0.3) is 0 Å². The molecule has 0 radical (unpaired) electrons. The SMILES string of the molecule is CCCOc1cccc(NC(C)c2ccccc2Br)c1. The summed E-state index contributed by atoms with van der Waals surface area (Å²) in [5.41, 5.74) is 2.31. The van der Waals surface area contributed by atoms with E-state index in [4.69, 9.17) is 4.74 Å². The molecule has 20 heavy (non-hydrogen) atoms. The topological polar surface area (TPSA) is 21.3 Å². The minimum atomic E-state index is 0.229. The summed E-state index contributed by atoms with van der Waals surface area (Å²) in [6.07, 6.45) is 1.02. The normalized spacial score (nSPS) is 11.9. The van der Waals surface area contributed by atoms with Gasteiger partial charge in [0, 0.05) is 22.3 Å². The number of ether oxygens (including phenoxy) is 1. The van der Waals surface area contributed by atoms with Gasteiger partial charge in [-0.25, -0.2) is 0 Å². The molecule has 1 unspecified atom stereocenters. The molecular formula is C17H20BrNO. The molecule has 0 spiro atoms. The van der Waals surface area contributed by atoms with Gasteiger partial charge in [-0.15, -0.1) is 0 Å². The highest BCUT2D eigenvalue weighted by Gasteiger charge is 2.08. The highest BCUT2D eigenvalue weighted by atomic mass is 79.9. The molecule has 3 heteroatoms. The molecular weight excluding hydrogens is 314 g/mol. The molecule has 0 saturated carbocycles. The number of benzene rings is 2. The van der Waals surface area contributed by atoms with Gasteiger partial charge in [0.2, 0.25) is 0 Å². The van der Waals surface area contributed by atoms with Crippen LogP contribution < -0.4 is 10.1 Å². The summed E-state index contributed by atoms with van der Waals surface area (Å²) in [5.74, 6) is 0.913. The van der Waals surface area contributed by atoms with E-state index < -0.39 is 0 Å². The van der Waals surface area contributed by atoms with Crippen LogP contribution in [0.2, 0.25) is 0 Å². The van der Waals surface area contributed by atoms with E-state index in [1.54, 1.807) is 0 Å². The first-order valence-electron chi connectivity index (χ1n) is 6.94. The maximum atomic E-state index is 5.66. The Hall–Kier alpha value is -1.48. The highest BCUT2D eigenvalue weighted by molar-refractivity contribution is 9.10. The lowest BCUT2D eigenvalue weighted by Crippen LogP contribution is -2.07. The summed E-state index contributed by atoms with van der Waals surface area (Å²) in [4.78, 5) is 0. The Labute approximate surface area is 129 Å². The Morgan fingerprint density at radius 2 is 1.95 bits per heavy atom. The van der Waals surface area contributed by atoms with Crippen LogP contribution in [0.1, 0.15) is 31.9 Å². The van der Waals surface area contributed by atoms with Gasteiger partial charge < -0.3 is 10.1 Å². The van der Waals surface area contributed by atoms with Gasteiger partial charge in [-0.3, -0.25) is 0 Å². The van der Waals surface area contributed by atoms with Crippen LogP contribution in [-0.4, -0.2) is 6.61 Å². The standard InChI is InChI=1S/C17H20BrNO/c1-3-11-20-15-8-6-7-14(12-15)19-13(2)16-9-4-5-10-17(16)18/h4-10,12-13,19H,3,11H2,1-2H3. The predicted molar refractivity (Wildman–Crippen MR) is 88.4 cm³/mol. The van der Waals surface area contributed by atoms with E-state index >= 15 is 0 Å². The van der Waals surface area contributed by atoms with Crippen molar-refractivity contribution < 1.29 is 4.74 Å². The fourth-order valence-corrected chi connectivity index (χ4v) is 2.68. The summed E-state index contributed by atoms with van der Waals surface area (Å²) in [6, 6.07) is 16.6. The third-order valence-corrected chi connectivity index (χ3v) is 3.78. The molecule has 0 aliphatic heterocycles. The Kier molecular flexibility index (Phi) is 5.48. The zero-order chi connectivity index (χ0) is 14.4. The zero-order valence-corrected chi connectivity index (χ0v) is 13.5. The number of hydrogen-bond donors (Lipinski definition) is 1. The zero-order valence-electron chi connectivity index (χ0n) is 11.9. The van der Waals surface area contributed by atoms with Crippen LogP contribution in [0.4, 0.5) is 5.69 Å². The Bertz CT molecular complexity index is 556. The van der Waals surface area contributed by atoms with Gasteiger partial charge >= 0.3 is 0 Å². The van der Waals surface area contributed by atoms with E-state index in [1.165, 1.54) is 5.56 Å². The van der Waals surface area contributed by atoms with Crippen molar-refractivity contribution in [1.82, 2.24) is 0 Å². The number of halogens is 1. The summed E-state index contributed by atoms with van der Waals surface area (Å²) in [5, 5.41) is 3.51. The minimum Gasteiger partial charge on any atom is -0.494 e. The van der Waals surface area contributed by atoms with E-state index in [1.807, 2.05) is 24.3 Å². The quantitative estimate of drug-likeness (QED) is 0.762. The molecule has 2 rings (SSSR count). The predicted octanol–water partition coefficient (Wildman–Crippen LogP) is 5.41. The molecule has 2 aromatic carbocycles. The van der Waals surface area contributed by atoms with E-state index in [2.05, 4.69) is 59.4 Å². The Morgan fingerprint density at radius 3 is 2.70 bits per heavy atom. The van der Waals surface area contributed by atoms with Crippen molar-refractivity contribution in [1.29, 1.82) is 0 Å². The molecule has 0 saturated heterocycles. The number of nitrogens with one attached hydrogen (secondary N) is 1. The molecule has 0 fully saturated rings. The first-order valence-corrected chi connectivity index (χ1v) is 7.74. The van der Waals surface area contributed by atoms with Gasteiger partial charge in [-0.05, 0) is 37.1 Å². The Morgan fingerprint density at radius 1 is 1.15 bits per heavy atom. The van der Waals surface area contributed by atoms with E-state index in [9.17, 15) is 0 Å². The summed E-state index contributed by atoms with van der Waals surface area (Å²) in [7, 11) is 0. The van der Waals surface area contributed by atoms with Crippen molar-refractivity contribution in [3.8, 4) is 5.75 Å². The second kappa shape index (κ2) is 7.34. The van der Waals surface area contributed by atoms with Crippen molar-refractivity contribution in [2.24, 2.45) is 0 Å². The molecule has 2 nitrogen and oxygen atoms in total. The largest absolute Gasteiger partial charge is 0.494 e. The molecule has 2 aromatic rings. The summed E-state index contributed by atoms with van der Waals surface area (Å²) < 4.78 is 6.78. The van der Waals surface area contributed by atoms with Gasteiger partial charge in [-0.2, -0.15) is 0 Å². The molecule has 106 valence electrons. The lowest BCUT2D eigenvalue weighted by Gasteiger charge is -2.17. The van der Waals surface area contributed by atoms with Crippen molar-refractivity contribution in [2.75, 3.05) is 11.9 Å². The van der Waals surface area contributed by atoms with Crippen LogP contribution in [0, 0.1) is 0 Å². The molecule has 0 aromatic heterocycles. The highest BCUT2D eigenvalue weighted by Crippen LogP contribution is 2.27. The van der Waals surface area contributed by atoms with E-state index in [-0.39, 0.29) is 6.04 Å². The van der Waals surface area contributed by atoms with Crippen LogP contribution >= 0.6 is 15.9 Å². The summed E-state index contributed by atoms with van der Waals surface area (Å²) in [6.45, 7) is 5.01. The minimum absolute atomic E-state index is 0.229. The number of hydrogen-bond acceptors (Lipinski definition) is 2. The smallest absolute Gasteiger partial charge is 0.121 e. The second-order valence-electron chi connectivity index (χ2n) is 4.76. The first kappa shape index (κ1) is 14.9. The molecule has 0 heterocycles. The van der Waals surface area contributed by atoms with E-state index in [0.717, 1.165) is 28.9 Å². The molecule has 0 aliphatic rings. The van der Waals surface area contributed by atoms with Gasteiger partial charge in [0.05, 0.1) is 6.61 Å². The fraction of sp³-hybridized carbons (Fsp3) is 0.294. The third-order valence-electron chi connectivity index (χ3n) is 3.06. The number of anilines is 1. The van der Waals surface area contributed by atoms with Crippen LogP contribution in [-0.2, 0) is 0 Å². The van der Waals surface area contributed by atoms with Crippen LogP contribution in [0.15, 0.2) is 53.0 Å². The molecule has 0 bridgehead atoms. The van der Waals surface area contributed by atoms with Gasteiger partial charge in [0.1, 0.15) is 5.75 Å². The fourth-order valence-electron chi connectivity index (χ4n) is 2.05. The molecule has 1 N–H and O–H groups in total. The van der Waals surface area contributed by atoms with Crippen molar-refractivity contribution in [3.05, 3.63) is 58.6 Å². The van der Waals surface area contributed by atoms with Crippen molar-refractivity contribution >= 4 is 21.6 Å². The third kappa shape index (κ3) is 4.01. The second-order valence-corrected chi connectivity index (χ2v) is 5.62. The molecule has 1 atom stereocenters. The summed E-state index contributed by atoms with van der Waals surface area (Å²) >= 11 is 3.59. The van der Waals surface area contributed by atoms with Gasteiger partial charge in [-0.1, -0.05) is 47.1 Å². The van der Waals surface area contributed by atoms with Crippen LogP contribution in [0.25, 0.3) is 0 Å². The maximum Gasteiger partial charge on any atom is 0.121 e.